The number of carbonyl (C=O) groups is 2. The number of likely N-dealkylation sites (tertiary alicyclic amines) is 1. The molecule has 2 heterocycles. The monoisotopic (exact) mass is 529 g/mol. The number of carbonyl (C=O) groups excluding carboxylic acids is 2. The molecule has 1 amide bonds. The summed E-state index contributed by atoms with van der Waals surface area (Å²) in [5.74, 6) is 0.372. The Labute approximate surface area is 227 Å². The number of ketones is 1. The van der Waals surface area contributed by atoms with Crippen LogP contribution in [0, 0.1) is 0 Å². The van der Waals surface area contributed by atoms with E-state index in [0.717, 1.165) is 11.1 Å². The van der Waals surface area contributed by atoms with Crippen molar-refractivity contribution >= 4 is 17.4 Å². The fourth-order valence-corrected chi connectivity index (χ4v) is 4.94. The van der Waals surface area contributed by atoms with Crippen molar-refractivity contribution < 1.29 is 33.6 Å². The zero-order valence-electron chi connectivity index (χ0n) is 22.6. The third-order valence-electron chi connectivity index (χ3n) is 7.06. The van der Waals surface area contributed by atoms with Crippen LogP contribution in [-0.2, 0) is 21.5 Å². The summed E-state index contributed by atoms with van der Waals surface area (Å²) < 4.78 is 21.9. The first-order chi connectivity index (χ1) is 18.6. The van der Waals surface area contributed by atoms with Gasteiger partial charge in [-0.2, -0.15) is 0 Å². The van der Waals surface area contributed by atoms with Crippen LogP contribution in [0.3, 0.4) is 0 Å². The Morgan fingerprint density at radius 1 is 0.974 bits per heavy atom. The first-order valence-electron chi connectivity index (χ1n) is 12.6. The van der Waals surface area contributed by atoms with Crippen LogP contribution in [0.2, 0.25) is 0 Å². The third kappa shape index (κ3) is 4.78. The van der Waals surface area contributed by atoms with E-state index < -0.39 is 17.7 Å². The van der Waals surface area contributed by atoms with Crippen molar-refractivity contribution in [2.75, 3.05) is 21.0 Å². The number of fused-ring (bicyclic) bond motifs is 1. The maximum Gasteiger partial charge on any atom is 0.295 e. The third-order valence-corrected chi connectivity index (χ3v) is 7.06. The van der Waals surface area contributed by atoms with Crippen molar-refractivity contribution in [3.8, 4) is 23.0 Å². The van der Waals surface area contributed by atoms with Gasteiger partial charge in [0.1, 0.15) is 17.3 Å². The Kier molecular flexibility index (Phi) is 6.72. The van der Waals surface area contributed by atoms with Gasteiger partial charge >= 0.3 is 0 Å². The topological polar surface area (TPSA) is 94.5 Å². The van der Waals surface area contributed by atoms with Crippen LogP contribution in [0.4, 0.5) is 0 Å². The number of aliphatic hydroxyl groups is 1. The Hall–Kier alpha value is -4.46. The van der Waals surface area contributed by atoms with Crippen LogP contribution in [0.1, 0.15) is 49.1 Å². The maximum atomic E-state index is 13.6. The molecule has 0 aliphatic carbocycles. The smallest absolute Gasteiger partial charge is 0.295 e. The molecule has 1 N–H and O–H groups in total. The summed E-state index contributed by atoms with van der Waals surface area (Å²) >= 11 is 0. The number of hydrogen-bond acceptors (Lipinski definition) is 7. The van der Waals surface area contributed by atoms with Gasteiger partial charge in [-0.25, -0.2) is 0 Å². The van der Waals surface area contributed by atoms with Crippen molar-refractivity contribution in [3.63, 3.8) is 0 Å². The molecule has 0 radical (unpaired) electrons. The molecule has 0 bridgehead atoms. The second-order valence-electron chi connectivity index (χ2n) is 10.6. The zero-order chi connectivity index (χ0) is 27.9. The SMILES string of the molecule is COc1cccc(C2/C(=C(\O)c3cc(C(C)(C)C)ccc3OC)C(=O)C(=O)N2Cc2ccc3c(c2)OCO3)c1. The summed E-state index contributed by atoms with van der Waals surface area (Å²) in [6.07, 6.45) is 0. The van der Waals surface area contributed by atoms with E-state index in [0.29, 0.717) is 34.1 Å². The highest BCUT2D eigenvalue weighted by molar-refractivity contribution is 6.46. The number of nitrogens with zero attached hydrogens (tertiary/aromatic N) is 1. The molecule has 1 atom stereocenters. The molecule has 3 aromatic rings. The Bertz CT molecular complexity index is 1480. The Balaban J connectivity index is 1.67. The first kappa shape index (κ1) is 26.2. The molecule has 5 rings (SSSR count). The second-order valence-corrected chi connectivity index (χ2v) is 10.6. The lowest BCUT2D eigenvalue weighted by Gasteiger charge is -2.26. The van der Waals surface area contributed by atoms with Gasteiger partial charge in [0, 0.05) is 6.54 Å². The number of Topliss-reactive ketones (excluding diaryl/α,β-unsaturated/α-hetero) is 1. The van der Waals surface area contributed by atoms with Crippen LogP contribution >= 0.6 is 0 Å². The highest BCUT2D eigenvalue weighted by Gasteiger charge is 2.46. The maximum absolute atomic E-state index is 13.6. The van der Waals surface area contributed by atoms with E-state index in [1.807, 2.05) is 24.3 Å². The van der Waals surface area contributed by atoms with Gasteiger partial charge in [0.15, 0.2) is 11.5 Å². The van der Waals surface area contributed by atoms with Crippen molar-refractivity contribution in [2.45, 2.75) is 38.8 Å². The molecule has 39 heavy (non-hydrogen) atoms. The molecule has 0 saturated carbocycles. The predicted molar refractivity (Wildman–Crippen MR) is 145 cm³/mol. The standard InChI is InChI=1S/C31H31NO7/c1-31(2,3)20-10-12-23(37-5)22(15-20)28(33)26-27(19-7-6-8-21(14-19)36-4)32(30(35)29(26)34)16-18-9-11-24-25(13-18)39-17-38-24/h6-15,27,33H,16-17H2,1-5H3/b28-26+. The Morgan fingerprint density at radius 3 is 2.46 bits per heavy atom. The van der Waals surface area contributed by atoms with Gasteiger partial charge in [-0.1, -0.05) is 45.0 Å². The predicted octanol–water partition coefficient (Wildman–Crippen LogP) is 5.35. The molecular formula is C31H31NO7. The minimum atomic E-state index is -0.867. The van der Waals surface area contributed by atoms with E-state index in [1.165, 1.54) is 12.0 Å². The lowest BCUT2D eigenvalue weighted by atomic mass is 9.85. The summed E-state index contributed by atoms with van der Waals surface area (Å²) in [5, 5.41) is 11.7. The molecule has 1 fully saturated rings. The van der Waals surface area contributed by atoms with E-state index in [-0.39, 0.29) is 30.1 Å². The van der Waals surface area contributed by atoms with Crippen LogP contribution in [0.5, 0.6) is 23.0 Å². The summed E-state index contributed by atoms with van der Waals surface area (Å²) in [6.45, 7) is 6.40. The van der Waals surface area contributed by atoms with Gasteiger partial charge in [0.25, 0.3) is 11.7 Å². The van der Waals surface area contributed by atoms with Crippen molar-refractivity contribution in [1.29, 1.82) is 0 Å². The molecule has 8 nitrogen and oxygen atoms in total. The highest BCUT2D eigenvalue weighted by Crippen LogP contribution is 2.43. The molecule has 2 aliphatic heterocycles. The minimum absolute atomic E-state index is 0.0154. The molecule has 0 spiro atoms. The number of amides is 1. The number of methoxy groups -OCH3 is 2. The minimum Gasteiger partial charge on any atom is -0.507 e. The summed E-state index contributed by atoms with van der Waals surface area (Å²) in [6, 6.07) is 17.2. The van der Waals surface area contributed by atoms with Gasteiger partial charge in [-0.3, -0.25) is 9.59 Å². The van der Waals surface area contributed by atoms with Gasteiger partial charge < -0.3 is 29.0 Å². The lowest BCUT2D eigenvalue weighted by molar-refractivity contribution is -0.140. The zero-order valence-corrected chi connectivity index (χ0v) is 22.6. The summed E-state index contributed by atoms with van der Waals surface area (Å²) in [5.41, 5.74) is 2.43. The van der Waals surface area contributed by atoms with Crippen LogP contribution in [0.15, 0.2) is 66.2 Å². The van der Waals surface area contributed by atoms with Crippen LogP contribution < -0.4 is 18.9 Å². The number of ether oxygens (including phenoxy) is 4. The average molecular weight is 530 g/mol. The fourth-order valence-electron chi connectivity index (χ4n) is 4.94. The largest absolute Gasteiger partial charge is 0.507 e. The number of benzene rings is 3. The molecule has 3 aromatic carbocycles. The van der Waals surface area contributed by atoms with Crippen LogP contribution in [-0.4, -0.2) is 42.7 Å². The fraction of sp³-hybridized carbons (Fsp3) is 0.290. The number of aliphatic hydroxyl groups excluding tert-OH is 1. The molecule has 202 valence electrons. The van der Waals surface area contributed by atoms with E-state index in [4.69, 9.17) is 18.9 Å². The number of rotatable bonds is 6. The van der Waals surface area contributed by atoms with E-state index in [2.05, 4.69) is 20.8 Å². The lowest BCUT2D eigenvalue weighted by Crippen LogP contribution is -2.29. The Morgan fingerprint density at radius 2 is 1.74 bits per heavy atom. The summed E-state index contributed by atoms with van der Waals surface area (Å²) in [7, 11) is 3.05. The van der Waals surface area contributed by atoms with Crippen LogP contribution in [0.25, 0.3) is 5.76 Å². The van der Waals surface area contributed by atoms with Crippen molar-refractivity contribution in [3.05, 3.63) is 88.5 Å². The van der Waals surface area contributed by atoms with Crippen molar-refractivity contribution in [2.24, 2.45) is 0 Å². The molecule has 8 heteroatoms. The highest BCUT2D eigenvalue weighted by atomic mass is 16.7. The van der Waals surface area contributed by atoms with E-state index in [9.17, 15) is 14.7 Å². The second kappa shape index (κ2) is 10.0. The van der Waals surface area contributed by atoms with Gasteiger partial charge in [0.05, 0.1) is 31.4 Å². The quantitative estimate of drug-likeness (QED) is 0.261. The number of hydrogen-bond donors (Lipinski definition) is 1. The molecule has 1 saturated heterocycles. The normalized spacial score (nSPS) is 18.0. The molecule has 1 unspecified atom stereocenters. The average Bonchev–Trinajstić information content (AvgIpc) is 3.49. The van der Waals surface area contributed by atoms with E-state index >= 15 is 0 Å². The van der Waals surface area contributed by atoms with Gasteiger partial charge in [-0.05, 0) is 58.5 Å². The molecular weight excluding hydrogens is 498 g/mol. The molecule has 0 aromatic heterocycles. The van der Waals surface area contributed by atoms with Crippen molar-refractivity contribution in [1.82, 2.24) is 4.90 Å². The molecule has 2 aliphatic rings. The first-order valence-corrected chi connectivity index (χ1v) is 12.6. The summed E-state index contributed by atoms with van der Waals surface area (Å²) in [4.78, 5) is 28.6. The van der Waals surface area contributed by atoms with Gasteiger partial charge in [0.2, 0.25) is 6.79 Å². The van der Waals surface area contributed by atoms with E-state index in [1.54, 1.807) is 43.5 Å². The van der Waals surface area contributed by atoms with Gasteiger partial charge in [-0.15, -0.1) is 0 Å².